The highest BCUT2D eigenvalue weighted by Gasteiger charge is 2.33. The van der Waals surface area contributed by atoms with Crippen molar-refractivity contribution in [2.75, 3.05) is 0 Å². The SMILES string of the molecule is O=C(OCc1nnc(-c2ccco2)o1)c1cccc2c1C(=O)c1ccccc1C2=O. The third-order valence-corrected chi connectivity index (χ3v) is 4.70. The van der Waals surface area contributed by atoms with Crippen LogP contribution in [0.5, 0.6) is 0 Å². The van der Waals surface area contributed by atoms with Crippen molar-refractivity contribution >= 4 is 17.5 Å². The van der Waals surface area contributed by atoms with Gasteiger partial charge in [0.25, 0.3) is 11.8 Å². The summed E-state index contributed by atoms with van der Waals surface area (Å²) in [5, 5.41) is 7.63. The average Bonchev–Trinajstić information content (AvgIpc) is 3.47. The molecule has 2 aromatic heterocycles. The molecular formula is C22H12N2O6. The van der Waals surface area contributed by atoms with Crippen molar-refractivity contribution in [2.45, 2.75) is 6.61 Å². The number of fused-ring (bicyclic) bond motifs is 2. The van der Waals surface area contributed by atoms with E-state index in [9.17, 15) is 14.4 Å². The minimum absolute atomic E-state index is 0.00567. The number of hydrogen-bond donors (Lipinski definition) is 0. The predicted octanol–water partition coefficient (Wildman–Crippen LogP) is 3.46. The first-order valence-electron chi connectivity index (χ1n) is 8.98. The molecule has 0 unspecified atom stereocenters. The van der Waals surface area contributed by atoms with Crippen LogP contribution in [-0.2, 0) is 11.3 Å². The molecule has 146 valence electrons. The smallest absolute Gasteiger partial charge is 0.339 e. The zero-order valence-corrected chi connectivity index (χ0v) is 15.3. The van der Waals surface area contributed by atoms with Crippen LogP contribution in [0.3, 0.4) is 0 Å². The molecule has 0 radical (unpaired) electrons. The Kier molecular flexibility index (Phi) is 4.10. The predicted molar refractivity (Wildman–Crippen MR) is 101 cm³/mol. The molecule has 0 spiro atoms. The van der Waals surface area contributed by atoms with E-state index in [0.717, 1.165) is 0 Å². The molecule has 8 nitrogen and oxygen atoms in total. The van der Waals surface area contributed by atoms with E-state index in [2.05, 4.69) is 10.2 Å². The van der Waals surface area contributed by atoms with E-state index in [4.69, 9.17) is 13.6 Å². The van der Waals surface area contributed by atoms with Crippen LogP contribution in [-0.4, -0.2) is 27.7 Å². The number of ketones is 2. The first kappa shape index (κ1) is 17.7. The molecule has 1 aliphatic rings. The Labute approximate surface area is 169 Å². The van der Waals surface area contributed by atoms with Crippen molar-refractivity contribution in [3.8, 4) is 11.7 Å². The summed E-state index contributed by atoms with van der Waals surface area (Å²) >= 11 is 0. The lowest BCUT2D eigenvalue weighted by Crippen LogP contribution is -2.24. The van der Waals surface area contributed by atoms with Gasteiger partial charge in [0, 0.05) is 22.3 Å². The monoisotopic (exact) mass is 400 g/mol. The molecule has 0 saturated heterocycles. The van der Waals surface area contributed by atoms with Crippen molar-refractivity contribution in [3.05, 3.63) is 94.6 Å². The van der Waals surface area contributed by atoms with E-state index in [1.165, 1.54) is 24.5 Å². The summed E-state index contributed by atoms with van der Waals surface area (Å²) in [5.41, 5.74) is 0.789. The summed E-state index contributed by atoms with van der Waals surface area (Å²) in [6.45, 7) is -0.297. The van der Waals surface area contributed by atoms with Crippen LogP contribution in [0.15, 0.2) is 69.7 Å². The lowest BCUT2D eigenvalue weighted by molar-refractivity contribution is 0.0436. The quantitative estimate of drug-likeness (QED) is 0.422. The van der Waals surface area contributed by atoms with Gasteiger partial charge in [-0.3, -0.25) is 9.59 Å². The van der Waals surface area contributed by atoms with E-state index < -0.39 is 11.8 Å². The number of nitrogens with zero attached hydrogens (tertiary/aromatic N) is 2. The second-order valence-electron chi connectivity index (χ2n) is 6.49. The third kappa shape index (κ3) is 2.82. The summed E-state index contributed by atoms with van der Waals surface area (Å²) in [7, 11) is 0. The van der Waals surface area contributed by atoms with Crippen molar-refractivity contribution in [3.63, 3.8) is 0 Å². The maximum absolute atomic E-state index is 13.0. The summed E-state index contributed by atoms with van der Waals surface area (Å²) in [5.74, 6) is -0.876. The summed E-state index contributed by atoms with van der Waals surface area (Å²) in [6.07, 6.45) is 1.47. The Morgan fingerprint density at radius 3 is 2.40 bits per heavy atom. The lowest BCUT2D eigenvalue weighted by Gasteiger charge is -2.19. The number of carbonyl (C=O) groups excluding carboxylic acids is 3. The van der Waals surface area contributed by atoms with E-state index >= 15 is 0 Å². The van der Waals surface area contributed by atoms with E-state index in [0.29, 0.717) is 11.3 Å². The fraction of sp³-hybridized carbons (Fsp3) is 0.0455. The summed E-state index contributed by atoms with van der Waals surface area (Å²) < 4.78 is 15.8. The fourth-order valence-corrected chi connectivity index (χ4v) is 3.33. The van der Waals surface area contributed by atoms with Gasteiger partial charge in [0.2, 0.25) is 0 Å². The average molecular weight is 400 g/mol. The second kappa shape index (κ2) is 6.93. The standard InChI is InChI=1S/C22H12N2O6/c25-19-12-5-1-2-6-13(12)20(26)18-14(19)7-3-8-15(18)22(27)29-11-17-23-24-21(30-17)16-9-4-10-28-16/h1-10H,11H2. The second-order valence-corrected chi connectivity index (χ2v) is 6.49. The lowest BCUT2D eigenvalue weighted by atomic mass is 9.82. The van der Waals surface area contributed by atoms with Crippen molar-refractivity contribution in [2.24, 2.45) is 0 Å². The topological polar surface area (TPSA) is 112 Å². The Morgan fingerprint density at radius 1 is 0.867 bits per heavy atom. The molecule has 0 atom stereocenters. The molecule has 2 heterocycles. The first-order valence-corrected chi connectivity index (χ1v) is 8.98. The highest BCUT2D eigenvalue weighted by atomic mass is 16.5. The van der Waals surface area contributed by atoms with Gasteiger partial charge in [0.15, 0.2) is 23.9 Å². The third-order valence-electron chi connectivity index (χ3n) is 4.70. The van der Waals surface area contributed by atoms with Gasteiger partial charge >= 0.3 is 5.97 Å². The molecular weight excluding hydrogens is 388 g/mol. The van der Waals surface area contributed by atoms with E-state index in [1.807, 2.05) is 0 Å². The largest absolute Gasteiger partial charge is 0.459 e. The highest BCUT2D eigenvalue weighted by molar-refractivity contribution is 6.30. The highest BCUT2D eigenvalue weighted by Crippen LogP contribution is 2.30. The molecule has 8 heteroatoms. The van der Waals surface area contributed by atoms with Crippen LogP contribution in [0.2, 0.25) is 0 Å². The van der Waals surface area contributed by atoms with Crippen LogP contribution >= 0.6 is 0 Å². The van der Waals surface area contributed by atoms with Crippen molar-refractivity contribution in [1.29, 1.82) is 0 Å². The Morgan fingerprint density at radius 2 is 1.63 bits per heavy atom. The minimum atomic E-state index is -0.773. The van der Waals surface area contributed by atoms with Crippen LogP contribution in [0.1, 0.15) is 48.1 Å². The summed E-state index contributed by atoms with van der Waals surface area (Å²) in [6, 6.07) is 14.4. The van der Waals surface area contributed by atoms with Gasteiger partial charge in [-0.2, -0.15) is 0 Å². The van der Waals surface area contributed by atoms with Crippen LogP contribution < -0.4 is 0 Å². The van der Waals surface area contributed by atoms with Gasteiger partial charge in [-0.15, -0.1) is 10.2 Å². The number of carbonyl (C=O) groups is 3. The van der Waals surface area contributed by atoms with Gasteiger partial charge in [-0.05, 0) is 18.2 Å². The number of furan rings is 1. The van der Waals surface area contributed by atoms with Crippen LogP contribution in [0, 0.1) is 0 Å². The number of rotatable bonds is 4. The van der Waals surface area contributed by atoms with Crippen LogP contribution in [0.25, 0.3) is 11.7 Å². The van der Waals surface area contributed by atoms with Crippen molar-refractivity contribution < 1.29 is 28.0 Å². The Bertz CT molecular complexity index is 1300. The molecule has 30 heavy (non-hydrogen) atoms. The van der Waals surface area contributed by atoms with E-state index in [1.54, 1.807) is 36.4 Å². The number of hydrogen-bond acceptors (Lipinski definition) is 8. The molecule has 0 N–H and O–H groups in total. The zero-order valence-electron chi connectivity index (χ0n) is 15.3. The first-order chi connectivity index (χ1) is 14.6. The fourth-order valence-electron chi connectivity index (χ4n) is 3.33. The number of benzene rings is 2. The molecule has 4 aromatic rings. The van der Waals surface area contributed by atoms with Gasteiger partial charge in [-0.25, -0.2) is 4.79 Å². The maximum Gasteiger partial charge on any atom is 0.339 e. The van der Waals surface area contributed by atoms with Crippen LogP contribution in [0.4, 0.5) is 0 Å². The molecule has 0 fully saturated rings. The van der Waals surface area contributed by atoms with Gasteiger partial charge in [0.05, 0.1) is 11.8 Å². The normalized spacial score (nSPS) is 12.4. The molecule has 0 aliphatic heterocycles. The number of aromatic nitrogens is 2. The maximum atomic E-state index is 13.0. The Hall–Kier alpha value is -4.33. The summed E-state index contributed by atoms with van der Waals surface area (Å²) in [4.78, 5) is 38.4. The molecule has 2 aromatic carbocycles. The van der Waals surface area contributed by atoms with Gasteiger partial charge in [-0.1, -0.05) is 36.4 Å². The van der Waals surface area contributed by atoms with Crippen molar-refractivity contribution in [1.82, 2.24) is 10.2 Å². The molecule has 1 aliphatic carbocycles. The molecule has 0 saturated carbocycles. The molecule has 0 bridgehead atoms. The van der Waals surface area contributed by atoms with Gasteiger partial charge in [0.1, 0.15) is 0 Å². The Balaban J connectivity index is 1.41. The molecule has 0 amide bonds. The number of ether oxygens (including phenoxy) is 1. The number of esters is 1. The van der Waals surface area contributed by atoms with Gasteiger partial charge < -0.3 is 13.6 Å². The van der Waals surface area contributed by atoms with E-state index in [-0.39, 0.29) is 46.4 Å². The minimum Gasteiger partial charge on any atom is -0.459 e. The zero-order chi connectivity index (χ0) is 20.7. The molecule has 5 rings (SSSR count).